The molecule has 11 heteroatoms. The van der Waals surface area contributed by atoms with Crippen LogP contribution < -0.4 is 5.32 Å². The lowest BCUT2D eigenvalue weighted by Crippen LogP contribution is -2.41. The van der Waals surface area contributed by atoms with Gasteiger partial charge in [0, 0.05) is 36.3 Å². The van der Waals surface area contributed by atoms with Crippen molar-refractivity contribution in [1.29, 1.82) is 0 Å². The Kier molecular flexibility index (Phi) is 7.38. The zero-order valence-electron chi connectivity index (χ0n) is 20.4. The number of amides is 1. The Labute approximate surface area is 218 Å². The van der Waals surface area contributed by atoms with Crippen LogP contribution in [0.25, 0.3) is 15.7 Å². The highest BCUT2D eigenvalue weighted by atomic mass is 35.5. The van der Waals surface area contributed by atoms with E-state index < -0.39 is 0 Å². The van der Waals surface area contributed by atoms with Gasteiger partial charge in [-0.25, -0.2) is 14.5 Å². The van der Waals surface area contributed by atoms with E-state index in [1.54, 1.807) is 34.6 Å². The molecule has 0 saturated carbocycles. The first-order chi connectivity index (χ1) is 17.4. The Hall–Kier alpha value is -2.79. The predicted molar refractivity (Wildman–Crippen MR) is 143 cm³/mol. The highest BCUT2D eigenvalue weighted by Gasteiger charge is 2.31. The van der Waals surface area contributed by atoms with Gasteiger partial charge >= 0.3 is 0 Å². The second-order valence-corrected chi connectivity index (χ2v) is 10.9. The summed E-state index contributed by atoms with van der Waals surface area (Å²) in [4.78, 5) is 28.5. The number of aliphatic hydroxyl groups is 1. The molecule has 0 aromatic carbocycles. The summed E-state index contributed by atoms with van der Waals surface area (Å²) >= 11 is 8.15. The van der Waals surface area contributed by atoms with Gasteiger partial charge in [0.05, 0.1) is 28.2 Å². The molecule has 4 heterocycles. The van der Waals surface area contributed by atoms with E-state index in [9.17, 15) is 9.90 Å². The summed E-state index contributed by atoms with van der Waals surface area (Å²) in [5, 5.41) is 18.7. The lowest BCUT2D eigenvalue weighted by Gasteiger charge is -2.29. The SMILES string of the molecule is CN(C)CCCN(CCO)C(=O)[C@H]1CCc2c(sc3ncnc(Nc4cc5ccnn5cc4Cl)c23)C1. The smallest absolute Gasteiger partial charge is 0.226 e. The van der Waals surface area contributed by atoms with Gasteiger partial charge in [-0.05, 0) is 64.0 Å². The zero-order chi connectivity index (χ0) is 25.2. The summed E-state index contributed by atoms with van der Waals surface area (Å²) in [7, 11) is 4.05. The second kappa shape index (κ2) is 10.7. The Bertz CT molecular complexity index is 1390. The maximum Gasteiger partial charge on any atom is 0.226 e. The number of rotatable bonds is 9. The minimum Gasteiger partial charge on any atom is -0.395 e. The van der Waals surface area contributed by atoms with Crippen molar-refractivity contribution >= 4 is 56.1 Å². The van der Waals surface area contributed by atoms with Gasteiger partial charge in [-0.1, -0.05) is 11.6 Å². The molecule has 0 radical (unpaired) electrons. The molecule has 0 unspecified atom stereocenters. The molecule has 4 aromatic rings. The number of thiophene rings is 1. The molecule has 0 bridgehead atoms. The molecule has 1 atom stereocenters. The summed E-state index contributed by atoms with van der Waals surface area (Å²) in [6, 6.07) is 3.87. The van der Waals surface area contributed by atoms with Gasteiger partial charge in [-0.15, -0.1) is 11.3 Å². The van der Waals surface area contributed by atoms with Crippen LogP contribution in [0, 0.1) is 5.92 Å². The van der Waals surface area contributed by atoms with Crippen molar-refractivity contribution in [2.75, 3.05) is 45.7 Å². The van der Waals surface area contributed by atoms with Crippen molar-refractivity contribution < 1.29 is 9.90 Å². The van der Waals surface area contributed by atoms with Crippen molar-refractivity contribution in [3.63, 3.8) is 0 Å². The van der Waals surface area contributed by atoms with E-state index in [2.05, 4.69) is 25.3 Å². The standard InChI is InChI=1S/C25H30ClN7O2S/c1-31(2)8-3-9-32(10-11-34)25(35)16-4-5-18-21(12-16)36-24-22(18)23(27-15-28-24)30-20-13-17-6-7-29-33(17)14-19(20)26/h6-7,13-16,34H,3-5,8-12H2,1-2H3,(H,27,28,30)/t16-/m0/s1. The van der Waals surface area contributed by atoms with E-state index in [0.717, 1.165) is 53.0 Å². The number of aromatic nitrogens is 4. The number of pyridine rings is 1. The van der Waals surface area contributed by atoms with Gasteiger partial charge in [0.15, 0.2) is 0 Å². The summed E-state index contributed by atoms with van der Waals surface area (Å²) in [5.74, 6) is 0.773. The first-order valence-corrected chi connectivity index (χ1v) is 13.3. The van der Waals surface area contributed by atoms with Crippen molar-refractivity contribution in [3.05, 3.63) is 46.3 Å². The van der Waals surface area contributed by atoms with Crippen LogP contribution in [0.15, 0.2) is 30.9 Å². The molecule has 4 aromatic heterocycles. The topological polar surface area (TPSA) is 98.9 Å². The zero-order valence-corrected chi connectivity index (χ0v) is 22.0. The lowest BCUT2D eigenvalue weighted by molar-refractivity contribution is -0.136. The molecule has 2 N–H and O–H groups in total. The largest absolute Gasteiger partial charge is 0.395 e. The normalized spacial score (nSPS) is 15.5. The number of carbonyl (C=O) groups excluding carboxylic acids is 1. The molecule has 0 fully saturated rings. The first-order valence-electron chi connectivity index (χ1n) is 12.1. The molecule has 1 aliphatic carbocycles. The summed E-state index contributed by atoms with van der Waals surface area (Å²) in [5.41, 5.74) is 2.90. The second-order valence-electron chi connectivity index (χ2n) is 9.41. The van der Waals surface area contributed by atoms with E-state index in [1.165, 1.54) is 10.4 Å². The Morgan fingerprint density at radius 1 is 1.31 bits per heavy atom. The molecule has 190 valence electrons. The van der Waals surface area contributed by atoms with Crippen molar-refractivity contribution in [2.24, 2.45) is 5.92 Å². The van der Waals surface area contributed by atoms with Crippen LogP contribution in [0.4, 0.5) is 11.5 Å². The first kappa shape index (κ1) is 24.9. The van der Waals surface area contributed by atoms with Crippen molar-refractivity contribution in [3.8, 4) is 0 Å². The number of anilines is 2. The van der Waals surface area contributed by atoms with Gasteiger partial charge in [-0.2, -0.15) is 5.10 Å². The molecule has 1 aliphatic rings. The average molecular weight is 528 g/mol. The molecule has 0 aliphatic heterocycles. The minimum atomic E-state index is -0.0837. The van der Waals surface area contributed by atoms with Gasteiger partial charge in [0.25, 0.3) is 0 Å². The Morgan fingerprint density at radius 3 is 2.97 bits per heavy atom. The fraction of sp³-hybridized carbons (Fsp3) is 0.440. The van der Waals surface area contributed by atoms with E-state index >= 15 is 0 Å². The van der Waals surface area contributed by atoms with E-state index in [0.29, 0.717) is 24.5 Å². The van der Waals surface area contributed by atoms with Crippen LogP contribution in [0.2, 0.25) is 5.02 Å². The van der Waals surface area contributed by atoms with Crippen LogP contribution in [0.3, 0.4) is 0 Å². The number of hydrogen-bond donors (Lipinski definition) is 2. The Balaban J connectivity index is 1.38. The highest BCUT2D eigenvalue weighted by molar-refractivity contribution is 7.19. The molecule has 9 nitrogen and oxygen atoms in total. The van der Waals surface area contributed by atoms with Crippen LogP contribution in [-0.4, -0.2) is 80.7 Å². The van der Waals surface area contributed by atoms with Gasteiger partial charge in [0.1, 0.15) is 17.0 Å². The molecule has 5 rings (SSSR count). The minimum absolute atomic E-state index is 0.0210. The maximum absolute atomic E-state index is 13.4. The molecule has 0 saturated heterocycles. The van der Waals surface area contributed by atoms with E-state index in [-0.39, 0.29) is 18.4 Å². The number of carbonyl (C=O) groups is 1. The third-order valence-electron chi connectivity index (χ3n) is 6.65. The highest BCUT2D eigenvalue weighted by Crippen LogP contribution is 2.41. The summed E-state index contributed by atoms with van der Waals surface area (Å²) in [6.45, 7) is 1.93. The number of aryl methyl sites for hydroxylation is 1. The molecule has 36 heavy (non-hydrogen) atoms. The fourth-order valence-corrected chi connectivity index (χ4v) is 6.33. The van der Waals surface area contributed by atoms with Crippen molar-refractivity contribution in [1.82, 2.24) is 29.4 Å². The van der Waals surface area contributed by atoms with Crippen LogP contribution in [0.5, 0.6) is 0 Å². The molecular formula is C25H30ClN7O2S. The monoisotopic (exact) mass is 527 g/mol. The Morgan fingerprint density at radius 2 is 2.17 bits per heavy atom. The van der Waals surface area contributed by atoms with E-state index in [4.69, 9.17) is 11.6 Å². The number of hydrogen-bond acceptors (Lipinski definition) is 8. The molecule has 0 spiro atoms. The van der Waals surface area contributed by atoms with Crippen LogP contribution in [0.1, 0.15) is 23.3 Å². The maximum atomic E-state index is 13.4. The van der Waals surface area contributed by atoms with Crippen molar-refractivity contribution in [2.45, 2.75) is 25.7 Å². The van der Waals surface area contributed by atoms with E-state index in [1.807, 2.05) is 31.1 Å². The average Bonchev–Trinajstić information content (AvgIpc) is 3.46. The predicted octanol–water partition coefficient (Wildman–Crippen LogP) is 3.61. The third kappa shape index (κ3) is 5.04. The number of halogens is 1. The van der Waals surface area contributed by atoms with Gasteiger partial charge in [-0.3, -0.25) is 4.79 Å². The molecular weight excluding hydrogens is 498 g/mol. The fourth-order valence-electron chi connectivity index (χ4n) is 4.87. The number of nitrogens with zero attached hydrogens (tertiary/aromatic N) is 6. The van der Waals surface area contributed by atoms with Gasteiger partial charge < -0.3 is 20.2 Å². The molecule has 1 amide bonds. The summed E-state index contributed by atoms with van der Waals surface area (Å²) < 4.78 is 1.73. The summed E-state index contributed by atoms with van der Waals surface area (Å²) in [6.07, 6.45) is 8.19. The van der Waals surface area contributed by atoms with Gasteiger partial charge in [0.2, 0.25) is 5.91 Å². The quantitative estimate of drug-likeness (QED) is 0.343. The number of fused-ring (bicyclic) bond motifs is 4. The number of nitrogens with one attached hydrogen (secondary N) is 1. The third-order valence-corrected chi connectivity index (χ3v) is 8.11. The van der Waals surface area contributed by atoms with Crippen LogP contribution in [-0.2, 0) is 17.6 Å². The van der Waals surface area contributed by atoms with Crippen LogP contribution >= 0.6 is 22.9 Å². The number of aliphatic hydroxyl groups excluding tert-OH is 1. The lowest BCUT2D eigenvalue weighted by atomic mass is 9.86.